The van der Waals surface area contributed by atoms with Crippen molar-refractivity contribution in [2.75, 3.05) is 0 Å². The van der Waals surface area contributed by atoms with E-state index >= 15 is 0 Å². The van der Waals surface area contributed by atoms with Crippen molar-refractivity contribution in [3.8, 4) is 45.9 Å². The van der Waals surface area contributed by atoms with Crippen LogP contribution in [0.1, 0.15) is 121 Å². The molecule has 0 fully saturated rings. The lowest BCUT2D eigenvalue weighted by Gasteiger charge is -2.38. The van der Waals surface area contributed by atoms with Crippen molar-refractivity contribution in [2.24, 2.45) is 0 Å². The molecule has 0 aliphatic rings. The summed E-state index contributed by atoms with van der Waals surface area (Å²) in [4.78, 5) is 13.3. The fraction of sp³-hybridized carbons (Fsp3) is 0.585. The Morgan fingerprint density at radius 1 is 0.468 bits per heavy atom. The molecule has 1 nitrogen and oxygen atoms in total. The van der Waals surface area contributed by atoms with Gasteiger partial charge in [0.2, 0.25) is 0 Å². The van der Waals surface area contributed by atoms with E-state index in [1.54, 1.807) is 0 Å². The van der Waals surface area contributed by atoms with E-state index in [9.17, 15) is 4.79 Å². The minimum absolute atomic E-state index is 0.450. The highest BCUT2D eigenvalue weighted by Crippen LogP contribution is 2.42. The van der Waals surface area contributed by atoms with Gasteiger partial charge in [-0.25, -0.2) is 0 Å². The van der Waals surface area contributed by atoms with E-state index < -0.39 is 32.3 Å². The molecule has 0 aromatic heterocycles. The number of benzene rings is 1. The van der Waals surface area contributed by atoms with E-state index in [4.69, 9.17) is 11.6 Å². The van der Waals surface area contributed by atoms with Crippen LogP contribution in [-0.4, -0.2) is 38.6 Å². The highest BCUT2D eigenvalue weighted by atomic mass is 35.5. The van der Waals surface area contributed by atoms with Gasteiger partial charge >= 0.3 is 0 Å². The van der Waals surface area contributed by atoms with Crippen LogP contribution in [-0.2, 0) is 0 Å². The molecule has 1 rings (SSSR count). The zero-order chi connectivity index (χ0) is 36.7. The molecule has 0 unspecified atom stereocenters. The van der Waals surface area contributed by atoms with Crippen LogP contribution >= 0.6 is 11.6 Å². The molecule has 0 radical (unpaired) electrons. The summed E-state index contributed by atoms with van der Waals surface area (Å²) >= 11 is 6.35. The minimum Gasteiger partial charge on any atom is -0.298 e. The Bertz CT molecular complexity index is 1520. The van der Waals surface area contributed by atoms with Gasteiger partial charge in [0.1, 0.15) is 32.3 Å². The monoisotopic (exact) mass is 718 g/mol. The van der Waals surface area contributed by atoms with E-state index in [1.807, 2.05) is 6.08 Å². The van der Waals surface area contributed by atoms with E-state index in [0.29, 0.717) is 49.9 Å². The van der Waals surface area contributed by atoms with Crippen molar-refractivity contribution < 1.29 is 4.79 Å². The Labute approximate surface area is 300 Å². The second-order valence-corrected chi connectivity index (χ2v) is 37.9. The molecule has 0 amide bonds. The number of hydrogen-bond acceptors (Lipinski definition) is 1. The van der Waals surface area contributed by atoms with Gasteiger partial charge in [0.15, 0.2) is 6.29 Å². The van der Waals surface area contributed by atoms with Crippen LogP contribution in [0.5, 0.6) is 0 Å². The number of carbonyl (C=O) groups is 1. The van der Waals surface area contributed by atoms with Crippen LogP contribution in [0.3, 0.4) is 0 Å². The summed E-state index contributed by atoms with van der Waals surface area (Å²) in [5.41, 5.74) is 23.5. The average Bonchev–Trinajstić information content (AvgIpc) is 2.90. The van der Waals surface area contributed by atoms with Gasteiger partial charge in [0, 0.05) is 22.2 Å². The van der Waals surface area contributed by atoms with Gasteiger partial charge in [0.25, 0.3) is 0 Å². The summed E-state index contributed by atoms with van der Waals surface area (Å²) in [5.74, 6) is 14.6. The Hall–Kier alpha value is -1.97. The molecular formula is C41H63ClOSi4. The molecular weight excluding hydrogens is 656 g/mol. The number of hydrogen-bond donors (Lipinski definition) is 0. The largest absolute Gasteiger partial charge is 0.298 e. The molecule has 0 bridgehead atoms. The van der Waals surface area contributed by atoms with Gasteiger partial charge < -0.3 is 0 Å². The summed E-state index contributed by atoms with van der Waals surface area (Å²) in [6.45, 7) is 41.3. The van der Waals surface area contributed by atoms with E-state index in [2.05, 4.69) is 168 Å². The minimum atomic E-state index is -2.13. The van der Waals surface area contributed by atoms with Gasteiger partial charge in [-0.15, -0.1) is 22.2 Å². The van der Waals surface area contributed by atoms with Gasteiger partial charge in [-0.1, -0.05) is 158 Å². The molecule has 0 saturated carbocycles. The molecule has 0 atom stereocenters. The maximum absolute atomic E-state index is 13.3. The highest BCUT2D eigenvalue weighted by Gasteiger charge is 2.43. The molecule has 256 valence electrons. The predicted molar refractivity (Wildman–Crippen MR) is 223 cm³/mol. The van der Waals surface area contributed by atoms with Crippen LogP contribution in [0.25, 0.3) is 6.08 Å². The number of halogens is 1. The third-order valence-corrected chi connectivity index (χ3v) is 24.0. The second-order valence-electron chi connectivity index (χ2n) is 17.0. The normalized spacial score (nSPS) is 12.6. The fourth-order valence-corrected chi connectivity index (χ4v) is 18.9. The topological polar surface area (TPSA) is 17.1 Å². The SMILES string of the molecule is CC(C)[Si](C#Cc1c(C#C[Si](C)(C)C)c(C#C[Si](C)(C)C)c(C#C[Si](C(C)C)(C(C)C)C(C)C)c(/C=C/Cl)c1C=O)(C(C)C)C(C)C. The van der Waals surface area contributed by atoms with Gasteiger partial charge in [-0.05, 0) is 39.3 Å². The predicted octanol–water partition coefficient (Wildman–Crippen LogP) is 12.3. The number of rotatable bonds is 8. The number of aldehydes is 1. The average molecular weight is 720 g/mol. The molecule has 47 heavy (non-hydrogen) atoms. The molecule has 0 aliphatic heterocycles. The van der Waals surface area contributed by atoms with Crippen molar-refractivity contribution >= 4 is 56.3 Å². The third kappa shape index (κ3) is 10.3. The lowest BCUT2D eigenvalue weighted by Crippen LogP contribution is -2.43. The molecule has 1 aromatic carbocycles. The molecule has 0 spiro atoms. The zero-order valence-electron chi connectivity index (χ0n) is 33.0. The zero-order valence-corrected chi connectivity index (χ0v) is 37.7. The van der Waals surface area contributed by atoms with E-state index in [1.165, 1.54) is 5.54 Å². The summed E-state index contributed by atoms with van der Waals surface area (Å²) in [5, 5.41) is 0. The maximum Gasteiger partial charge on any atom is 0.152 e. The Kier molecular flexibility index (Phi) is 15.7. The molecule has 0 N–H and O–H groups in total. The third-order valence-electron chi connectivity index (χ3n) is 9.59. The standard InChI is InChI=1S/C41H63ClOSi4/c1-30(2)46(31(3)4,32(5)6)27-22-39-36(19-24-42)41(29-43)40(23-28-47(33(7)8,34(9)10)35(11)12)38(21-26-45(16,17)18)37(39)20-25-44(13,14)15/h19,24,29-35H,1-18H3/b24-19+. The summed E-state index contributed by atoms with van der Waals surface area (Å²) < 4.78 is 0. The molecule has 6 heteroatoms. The molecule has 0 saturated heterocycles. The van der Waals surface area contributed by atoms with Crippen LogP contribution in [0.2, 0.25) is 72.5 Å². The first-order valence-corrected chi connectivity index (χ1v) is 29.4. The summed E-state index contributed by atoms with van der Waals surface area (Å²) in [6.07, 6.45) is 2.76. The van der Waals surface area contributed by atoms with Crippen LogP contribution in [0.15, 0.2) is 5.54 Å². The molecule has 1 aromatic rings. The summed E-state index contributed by atoms with van der Waals surface area (Å²) in [6, 6.07) is 0. The Morgan fingerprint density at radius 3 is 0.979 bits per heavy atom. The van der Waals surface area contributed by atoms with Gasteiger partial charge in [-0.3, -0.25) is 4.79 Å². The summed E-state index contributed by atoms with van der Waals surface area (Å²) in [7, 11) is -7.88. The molecule has 0 heterocycles. The smallest absolute Gasteiger partial charge is 0.152 e. The van der Waals surface area contributed by atoms with Crippen LogP contribution < -0.4 is 0 Å². The Morgan fingerprint density at radius 2 is 0.745 bits per heavy atom. The van der Waals surface area contributed by atoms with E-state index in [-0.39, 0.29) is 0 Å². The highest BCUT2D eigenvalue weighted by molar-refractivity contribution is 6.91. The van der Waals surface area contributed by atoms with Crippen molar-refractivity contribution in [3.05, 3.63) is 38.9 Å². The Balaban J connectivity index is 4.94. The maximum atomic E-state index is 13.3. The lowest BCUT2D eigenvalue weighted by atomic mass is 9.87. The fourth-order valence-electron chi connectivity index (χ4n) is 7.36. The van der Waals surface area contributed by atoms with Gasteiger partial charge in [0.05, 0.1) is 16.7 Å². The van der Waals surface area contributed by atoms with Crippen molar-refractivity contribution in [2.45, 2.75) is 156 Å². The van der Waals surface area contributed by atoms with Crippen molar-refractivity contribution in [1.29, 1.82) is 0 Å². The molecule has 0 aliphatic carbocycles. The first kappa shape index (κ1) is 43.0. The van der Waals surface area contributed by atoms with Gasteiger partial charge in [-0.2, -0.15) is 0 Å². The number of carbonyl (C=O) groups excluding carboxylic acids is 1. The van der Waals surface area contributed by atoms with Crippen molar-refractivity contribution in [1.82, 2.24) is 0 Å². The lowest BCUT2D eigenvalue weighted by molar-refractivity contribution is 0.112. The van der Waals surface area contributed by atoms with Crippen LogP contribution in [0, 0.1) is 45.9 Å². The van der Waals surface area contributed by atoms with Crippen LogP contribution in [0.4, 0.5) is 0 Å². The second kappa shape index (κ2) is 17.1. The van der Waals surface area contributed by atoms with E-state index in [0.717, 1.165) is 23.0 Å². The quantitative estimate of drug-likeness (QED) is 0.149. The first-order valence-electron chi connectivity index (χ1n) is 17.5. The van der Waals surface area contributed by atoms with Crippen molar-refractivity contribution in [3.63, 3.8) is 0 Å². The first-order chi connectivity index (χ1) is 21.4.